The minimum Gasteiger partial charge on any atom is -0.384 e. The molecule has 0 aromatic carbocycles. The number of anilines is 1. The fourth-order valence-corrected chi connectivity index (χ4v) is 1.32. The van der Waals surface area contributed by atoms with Crippen LogP contribution in [-0.4, -0.2) is 24.6 Å². The van der Waals surface area contributed by atoms with Crippen LogP contribution < -0.4 is 11.5 Å². The highest BCUT2D eigenvalue weighted by Crippen LogP contribution is 2.06. The lowest BCUT2D eigenvalue weighted by Crippen LogP contribution is -2.10. The van der Waals surface area contributed by atoms with E-state index in [-0.39, 0.29) is 17.5 Å². The molecule has 1 rings (SSSR count). The summed E-state index contributed by atoms with van der Waals surface area (Å²) < 4.78 is 22.1. The van der Waals surface area contributed by atoms with Crippen LogP contribution >= 0.6 is 0 Å². The Bertz CT molecular complexity index is 415. The van der Waals surface area contributed by atoms with Gasteiger partial charge in [-0.1, -0.05) is 0 Å². The Morgan fingerprint density at radius 3 is 2.54 bits per heavy atom. The molecule has 0 spiro atoms. The van der Waals surface area contributed by atoms with E-state index in [0.717, 1.165) is 6.26 Å². The summed E-state index contributed by atoms with van der Waals surface area (Å²) in [5.74, 6) is 0.107. The third-order valence-corrected chi connectivity index (χ3v) is 2.17. The molecular weight excluding hydrogens is 192 g/mol. The van der Waals surface area contributed by atoms with Crippen molar-refractivity contribution in [2.24, 2.45) is 5.73 Å². The van der Waals surface area contributed by atoms with Crippen LogP contribution in [0.25, 0.3) is 0 Å². The number of hydrogen-bond donors (Lipinski definition) is 2. The molecule has 1 aromatic rings. The molecule has 0 aliphatic heterocycles. The highest BCUT2D eigenvalue weighted by Gasteiger charge is 2.12. The topological polar surface area (TPSA) is 112 Å². The zero-order valence-electron chi connectivity index (χ0n) is 7.06. The monoisotopic (exact) mass is 202 g/mol. The maximum atomic E-state index is 11.0. The standard InChI is InChI=1S/C6H10N4O2S/c1-13(11,12)6-9-4(3-7)2-5(8)10-6/h2H,3,7H2,1H3,(H2,8,9,10). The molecule has 72 valence electrons. The van der Waals surface area contributed by atoms with Gasteiger partial charge in [-0.25, -0.2) is 18.4 Å². The van der Waals surface area contributed by atoms with Crippen LogP contribution in [0.3, 0.4) is 0 Å². The molecule has 0 bridgehead atoms. The van der Waals surface area contributed by atoms with Gasteiger partial charge in [-0.3, -0.25) is 0 Å². The van der Waals surface area contributed by atoms with E-state index < -0.39 is 9.84 Å². The van der Waals surface area contributed by atoms with Crippen LogP contribution in [0.4, 0.5) is 5.82 Å². The summed E-state index contributed by atoms with van der Waals surface area (Å²) in [4.78, 5) is 7.30. The summed E-state index contributed by atoms with van der Waals surface area (Å²) in [7, 11) is -3.42. The van der Waals surface area contributed by atoms with Crippen LogP contribution in [0, 0.1) is 0 Å². The van der Waals surface area contributed by atoms with Gasteiger partial charge in [0.05, 0.1) is 5.69 Å². The van der Waals surface area contributed by atoms with E-state index >= 15 is 0 Å². The second kappa shape index (κ2) is 3.27. The van der Waals surface area contributed by atoms with Crippen molar-refractivity contribution in [3.8, 4) is 0 Å². The Morgan fingerprint density at radius 1 is 1.46 bits per heavy atom. The molecular formula is C6H10N4O2S. The molecule has 13 heavy (non-hydrogen) atoms. The average Bonchev–Trinajstić information content (AvgIpc) is 2.01. The fourth-order valence-electron chi connectivity index (χ4n) is 0.764. The van der Waals surface area contributed by atoms with Gasteiger partial charge in [-0.05, 0) is 0 Å². The Kier molecular flexibility index (Phi) is 2.48. The summed E-state index contributed by atoms with van der Waals surface area (Å²) in [5.41, 5.74) is 11.1. The largest absolute Gasteiger partial charge is 0.384 e. The molecule has 1 aromatic heterocycles. The summed E-state index contributed by atoms with van der Waals surface area (Å²) >= 11 is 0. The van der Waals surface area contributed by atoms with E-state index in [1.165, 1.54) is 6.07 Å². The quantitative estimate of drug-likeness (QED) is 0.590. The summed E-state index contributed by atoms with van der Waals surface area (Å²) in [6, 6.07) is 1.44. The highest BCUT2D eigenvalue weighted by atomic mass is 32.2. The van der Waals surface area contributed by atoms with Crippen LogP contribution in [0.2, 0.25) is 0 Å². The Hall–Kier alpha value is -1.21. The molecule has 0 radical (unpaired) electrons. The highest BCUT2D eigenvalue weighted by molar-refractivity contribution is 7.90. The number of nitrogens with two attached hydrogens (primary N) is 2. The normalized spacial score (nSPS) is 11.5. The summed E-state index contributed by atoms with van der Waals surface area (Å²) in [5, 5.41) is -0.284. The van der Waals surface area contributed by atoms with E-state index in [0.29, 0.717) is 5.69 Å². The first-order chi connectivity index (χ1) is 5.93. The maximum Gasteiger partial charge on any atom is 0.249 e. The first-order valence-corrected chi connectivity index (χ1v) is 5.36. The molecule has 7 heteroatoms. The van der Waals surface area contributed by atoms with Crippen molar-refractivity contribution in [2.75, 3.05) is 12.0 Å². The van der Waals surface area contributed by atoms with Crippen molar-refractivity contribution >= 4 is 15.7 Å². The number of nitrogen functional groups attached to an aromatic ring is 1. The van der Waals surface area contributed by atoms with Crippen LogP contribution in [0.1, 0.15) is 5.69 Å². The molecule has 0 amide bonds. The molecule has 1 heterocycles. The summed E-state index contributed by atoms with van der Waals surface area (Å²) in [6.07, 6.45) is 1.02. The van der Waals surface area contributed by atoms with Gasteiger partial charge in [0, 0.05) is 18.9 Å². The maximum absolute atomic E-state index is 11.0. The molecule has 0 fully saturated rings. The Morgan fingerprint density at radius 2 is 2.08 bits per heavy atom. The first-order valence-electron chi connectivity index (χ1n) is 3.47. The lowest BCUT2D eigenvalue weighted by molar-refractivity contribution is 0.592. The van der Waals surface area contributed by atoms with Crippen molar-refractivity contribution in [1.29, 1.82) is 0 Å². The van der Waals surface area contributed by atoms with Gasteiger partial charge in [0.15, 0.2) is 0 Å². The molecule has 0 aliphatic carbocycles. The van der Waals surface area contributed by atoms with Gasteiger partial charge in [-0.2, -0.15) is 0 Å². The molecule has 0 atom stereocenters. The van der Waals surface area contributed by atoms with Crippen LogP contribution in [0.15, 0.2) is 11.2 Å². The number of sulfone groups is 1. The van der Waals surface area contributed by atoms with Gasteiger partial charge < -0.3 is 11.5 Å². The lowest BCUT2D eigenvalue weighted by atomic mass is 10.4. The molecule has 0 aliphatic rings. The second-order valence-corrected chi connectivity index (χ2v) is 4.45. The van der Waals surface area contributed by atoms with Crippen molar-refractivity contribution in [2.45, 2.75) is 11.7 Å². The molecule has 0 saturated carbocycles. The van der Waals surface area contributed by atoms with E-state index in [4.69, 9.17) is 11.5 Å². The van der Waals surface area contributed by atoms with Gasteiger partial charge >= 0.3 is 0 Å². The Labute approximate surface area is 75.9 Å². The third kappa shape index (κ3) is 2.36. The molecule has 6 nitrogen and oxygen atoms in total. The molecule has 0 unspecified atom stereocenters. The van der Waals surface area contributed by atoms with E-state index in [2.05, 4.69) is 9.97 Å². The van der Waals surface area contributed by atoms with E-state index in [1.54, 1.807) is 0 Å². The predicted octanol–water partition coefficient (Wildman–Crippen LogP) is -1.08. The summed E-state index contributed by atoms with van der Waals surface area (Å²) in [6.45, 7) is 0.134. The number of aromatic nitrogens is 2. The van der Waals surface area contributed by atoms with Crippen LogP contribution in [-0.2, 0) is 16.4 Å². The number of hydrogen-bond acceptors (Lipinski definition) is 6. The average molecular weight is 202 g/mol. The fraction of sp³-hybridized carbons (Fsp3) is 0.333. The third-order valence-electron chi connectivity index (χ3n) is 1.32. The lowest BCUT2D eigenvalue weighted by Gasteiger charge is -2.01. The first kappa shape index (κ1) is 9.87. The van der Waals surface area contributed by atoms with Crippen molar-refractivity contribution in [3.63, 3.8) is 0 Å². The zero-order chi connectivity index (χ0) is 10.1. The van der Waals surface area contributed by atoms with Crippen molar-refractivity contribution in [3.05, 3.63) is 11.8 Å². The Balaban J connectivity index is 3.33. The second-order valence-electron chi connectivity index (χ2n) is 2.54. The predicted molar refractivity (Wildman–Crippen MR) is 47.4 cm³/mol. The van der Waals surface area contributed by atoms with Gasteiger partial charge in [0.1, 0.15) is 5.82 Å². The van der Waals surface area contributed by atoms with E-state index in [1.807, 2.05) is 0 Å². The van der Waals surface area contributed by atoms with Gasteiger partial charge in [-0.15, -0.1) is 0 Å². The SMILES string of the molecule is CS(=O)(=O)c1nc(N)cc(CN)n1. The number of nitrogens with zero attached hydrogens (tertiary/aromatic N) is 2. The molecule has 4 N–H and O–H groups in total. The van der Waals surface area contributed by atoms with Gasteiger partial charge in [0.25, 0.3) is 0 Å². The van der Waals surface area contributed by atoms with E-state index in [9.17, 15) is 8.42 Å². The number of rotatable bonds is 2. The van der Waals surface area contributed by atoms with Crippen molar-refractivity contribution in [1.82, 2.24) is 9.97 Å². The van der Waals surface area contributed by atoms with Gasteiger partial charge in [0.2, 0.25) is 15.0 Å². The molecule has 0 saturated heterocycles. The minimum atomic E-state index is -3.42. The zero-order valence-corrected chi connectivity index (χ0v) is 7.87. The smallest absolute Gasteiger partial charge is 0.249 e. The van der Waals surface area contributed by atoms with Crippen LogP contribution in [0.5, 0.6) is 0 Å². The minimum absolute atomic E-state index is 0.107. The van der Waals surface area contributed by atoms with Crippen molar-refractivity contribution < 1.29 is 8.42 Å².